The van der Waals surface area contributed by atoms with Gasteiger partial charge in [0.15, 0.2) is 0 Å². The summed E-state index contributed by atoms with van der Waals surface area (Å²) in [6, 6.07) is 2.70. The molecule has 10 nitrogen and oxygen atoms in total. The molecule has 5 atom stereocenters. The molecule has 2 aromatic rings. The highest BCUT2D eigenvalue weighted by atomic mass is 19.4. The Hall–Kier alpha value is -3.03. The van der Waals surface area contributed by atoms with Crippen molar-refractivity contribution < 1.29 is 36.8 Å². The number of rotatable bonds is 5. The molecule has 40 heavy (non-hydrogen) atoms. The standard InChI is InChI=1S/C27H32F3N5O5/c1-38-23-14-39-7-4-21(23)33-19-9-18-13-35(24(36)22-2-5-32-40-22)15-26(18,10-19)25(37)34-6-3-20-16(12-34)8-17(11-31-20)27(28,29)30/h2,5,8,11,18-19,21,23,33H,3-4,6-7,9-10,12-15H2,1H3. The van der Waals surface area contributed by atoms with Crippen LogP contribution in [0.25, 0.3) is 0 Å². The average Bonchev–Trinajstić information content (AvgIpc) is 3.67. The van der Waals surface area contributed by atoms with Crippen molar-refractivity contribution in [2.24, 2.45) is 11.3 Å². The lowest BCUT2D eigenvalue weighted by Crippen LogP contribution is -2.52. The number of nitrogens with zero attached hydrogens (tertiary/aromatic N) is 4. The summed E-state index contributed by atoms with van der Waals surface area (Å²) < 4.78 is 56.4. The van der Waals surface area contributed by atoms with Crippen LogP contribution in [0.15, 0.2) is 29.0 Å². The Morgan fingerprint density at radius 2 is 2.12 bits per heavy atom. The van der Waals surface area contributed by atoms with Crippen LogP contribution in [0, 0.1) is 11.3 Å². The fourth-order valence-corrected chi connectivity index (χ4v) is 6.97. The summed E-state index contributed by atoms with van der Waals surface area (Å²) in [7, 11) is 1.66. The molecule has 2 saturated heterocycles. The molecule has 0 aromatic carbocycles. The van der Waals surface area contributed by atoms with Gasteiger partial charge < -0.3 is 29.1 Å². The number of likely N-dealkylation sites (tertiary alicyclic amines) is 1. The molecule has 2 aromatic heterocycles. The normalized spacial score (nSPS) is 30.3. The number of ether oxygens (including phenoxy) is 2. The highest BCUT2D eigenvalue weighted by molar-refractivity contribution is 5.93. The van der Waals surface area contributed by atoms with E-state index in [9.17, 15) is 22.8 Å². The Morgan fingerprint density at radius 3 is 2.88 bits per heavy atom. The predicted molar refractivity (Wildman–Crippen MR) is 133 cm³/mol. The monoisotopic (exact) mass is 563 g/mol. The van der Waals surface area contributed by atoms with E-state index in [4.69, 9.17) is 14.0 Å². The number of carbonyl (C=O) groups is 2. The van der Waals surface area contributed by atoms with Gasteiger partial charge in [0.2, 0.25) is 11.7 Å². The van der Waals surface area contributed by atoms with Gasteiger partial charge in [-0.2, -0.15) is 13.2 Å². The van der Waals surface area contributed by atoms with Crippen LogP contribution in [0.2, 0.25) is 0 Å². The van der Waals surface area contributed by atoms with Crippen LogP contribution in [-0.4, -0.2) is 89.9 Å². The highest BCUT2D eigenvalue weighted by Gasteiger charge is 2.60. The van der Waals surface area contributed by atoms with Gasteiger partial charge in [-0.1, -0.05) is 5.16 Å². The summed E-state index contributed by atoms with van der Waals surface area (Å²) in [6.45, 7) is 2.13. The van der Waals surface area contributed by atoms with Crippen LogP contribution in [0.5, 0.6) is 0 Å². The smallest absolute Gasteiger partial charge is 0.379 e. The van der Waals surface area contributed by atoms with E-state index in [0.717, 1.165) is 18.7 Å². The van der Waals surface area contributed by atoms with Crippen LogP contribution in [0.4, 0.5) is 13.2 Å². The SMILES string of the molecule is COC1COCCC1NC1CC2CN(C(=O)c3ccno3)CC2(C(=O)N2CCc3ncc(C(F)(F)F)cc3C2)C1. The third-order valence-corrected chi connectivity index (χ3v) is 8.95. The first-order valence-electron chi connectivity index (χ1n) is 13.6. The summed E-state index contributed by atoms with van der Waals surface area (Å²) in [4.78, 5) is 34.8. The maximum atomic E-state index is 14.3. The second kappa shape index (κ2) is 10.4. The second-order valence-corrected chi connectivity index (χ2v) is 11.3. The van der Waals surface area contributed by atoms with Crippen LogP contribution < -0.4 is 5.32 Å². The van der Waals surface area contributed by atoms with E-state index >= 15 is 0 Å². The Bertz CT molecular complexity index is 1260. The molecule has 5 unspecified atom stereocenters. The van der Waals surface area contributed by atoms with Crippen molar-refractivity contribution >= 4 is 11.8 Å². The lowest BCUT2D eigenvalue weighted by molar-refractivity contribution is -0.143. The van der Waals surface area contributed by atoms with Crippen LogP contribution in [0.3, 0.4) is 0 Å². The largest absolute Gasteiger partial charge is 0.417 e. The minimum atomic E-state index is -4.51. The maximum Gasteiger partial charge on any atom is 0.417 e. The highest BCUT2D eigenvalue weighted by Crippen LogP contribution is 2.51. The van der Waals surface area contributed by atoms with Gasteiger partial charge >= 0.3 is 6.18 Å². The third kappa shape index (κ3) is 4.88. The van der Waals surface area contributed by atoms with E-state index in [1.807, 2.05) is 0 Å². The van der Waals surface area contributed by atoms with E-state index in [0.29, 0.717) is 56.8 Å². The van der Waals surface area contributed by atoms with Gasteiger partial charge in [0, 0.05) is 76.4 Å². The van der Waals surface area contributed by atoms with E-state index in [1.54, 1.807) is 16.9 Å². The number of hydrogen-bond acceptors (Lipinski definition) is 8. The van der Waals surface area contributed by atoms with E-state index in [-0.39, 0.29) is 54.8 Å². The molecule has 3 aliphatic heterocycles. The number of methoxy groups -OCH3 is 1. The Labute approximate surface area is 229 Å². The quantitative estimate of drug-likeness (QED) is 0.590. The minimum absolute atomic E-state index is 0.0211. The topological polar surface area (TPSA) is 110 Å². The van der Waals surface area contributed by atoms with Crippen molar-refractivity contribution in [2.45, 2.75) is 56.6 Å². The van der Waals surface area contributed by atoms with Crippen molar-refractivity contribution in [2.75, 3.05) is 40.0 Å². The predicted octanol–water partition coefficient (Wildman–Crippen LogP) is 2.29. The van der Waals surface area contributed by atoms with Crippen LogP contribution in [0.1, 0.15) is 46.6 Å². The number of nitrogens with one attached hydrogen (secondary N) is 1. The molecule has 1 saturated carbocycles. The Morgan fingerprint density at radius 1 is 1.27 bits per heavy atom. The summed E-state index contributed by atoms with van der Waals surface area (Å²) in [6.07, 6.45) is -0.00291. The zero-order valence-electron chi connectivity index (χ0n) is 22.2. The van der Waals surface area contributed by atoms with Gasteiger partial charge in [-0.15, -0.1) is 0 Å². The Balaban J connectivity index is 1.25. The molecular formula is C27H32F3N5O5. The molecule has 0 radical (unpaired) electrons. The van der Waals surface area contributed by atoms with Crippen LogP contribution >= 0.6 is 0 Å². The molecule has 1 aliphatic carbocycles. The molecule has 3 fully saturated rings. The van der Waals surface area contributed by atoms with Gasteiger partial charge in [0.05, 0.1) is 29.9 Å². The number of amides is 2. The molecule has 216 valence electrons. The summed E-state index contributed by atoms with van der Waals surface area (Å²) in [5, 5.41) is 7.33. The van der Waals surface area contributed by atoms with Crippen molar-refractivity contribution in [3.05, 3.63) is 47.1 Å². The molecule has 0 spiro atoms. The second-order valence-electron chi connectivity index (χ2n) is 11.3. The zero-order valence-corrected chi connectivity index (χ0v) is 22.2. The van der Waals surface area contributed by atoms with Gasteiger partial charge in [0.25, 0.3) is 5.91 Å². The van der Waals surface area contributed by atoms with Gasteiger partial charge in [0.1, 0.15) is 0 Å². The molecule has 13 heteroatoms. The summed E-state index contributed by atoms with van der Waals surface area (Å²) in [5.74, 6) is -0.463. The fraction of sp³-hybridized carbons (Fsp3) is 0.630. The first-order chi connectivity index (χ1) is 19.2. The average molecular weight is 564 g/mol. The Kier molecular flexibility index (Phi) is 7.07. The molecule has 4 aliphatic rings. The minimum Gasteiger partial charge on any atom is -0.379 e. The van der Waals surface area contributed by atoms with E-state index in [1.165, 1.54) is 12.3 Å². The zero-order chi connectivity index (χ0) is 28.1. The number of pyridine rings is 1. The first kappa shape index (κ1) is 27.2. The first-order valence-corrected chi connectivity index (χ1v) is 13.6. The lowest BCUT2D eigenvalue weighted by atomic mass is 9.78. The van der Waals surface area contributed by atoms with Crippen molar-refractivity contribution in [1.82, 2.24) is 25.3 Å². The van der Waals surface area contributed by atoms with Gasteiger partial charge in [-0.05, 0) is 36.8 Å². The van der Waals surface area contributed by atoms with E-state index in [2.05, 4.69) is 15.5 Å². The summed E-state index contributed by atoms with van der Waals surface area (Å²) in [5.41, 5.74) is -0.702. The third-order valence-electron chi connectivity index (χ3n) is 8.95. The maximum absolute atomic E-state index is 14.3. The lowest BCUT2D eigenvalue weighted by Gasteiger charge is -2.37. The molecule has 2 amide bonds. The van der Waals surface area contributed by atoms with Crippen molar-refractivity contribution in [1.29, 1.82) is 0 Å². The molecule has 0 bridgehead atoms. The van der Waals surface area contributed by atoms with E-state index < -0.39 is 17.2 Å². The van der Waals surface area contributed by atoms with Crippen molar-refractivity contribution in [3.8, 4) is 0 Å². The summed E-state index contributed by atoms with van der Waals surface area (Å²) >= 11 is 0. The number of alkyl halides is 3. The molecule has 1 N–H and O–H groups in total. The number of aromatic nitrogens is 2. The van der Waals surface area contributed by atoms with Gasteiger partial charge in [-0.25, -0.2) is 0 Å². The van der Waals surface area contributed by atoms with Crippen LogP contribution in [-0.2, 0) is 33.4 Å². The van der Waals surface area contributed by atoms with Gasteiger partial charge in [-0.3, -0.25) is 14.6 Å². The molecular weight excluding hydrogens is 531 g/mol. The number of hydrogen-bond donors (Lipinski definition) is 1. The number of fused-ring (bicyclic) bond motifs is 2. The fourth-order valence-electron chi connectivity index (χ4n) is 6.97. The molecule has 5 heterocycles. The van der Waals surface area contributed by atoms with Crippen molar-refractivity contribution in [3.63, 3.8) is 0 Å². The number of halogens is 3. The number of carbonyl (C=O) groups excluding carboxylic acids is 2. The molecule has 6 rings (SSSR count).